The number of aryl methyl sites for hydroxylation is 1. The van der Waals surface area contributed by atoms with Crippen molar-refractivity contribution < 1.29 is 17.9 Å². The van der Waals surface area contributed by atoms with Crippen LogP contribution in [-0.4, -0.2) is 36.2 Å². The second-order valence-electron chi connectivity index (χ2n) is 6.33. The highest BCUT2D eigenvalue weighted by molar-refractivity contribution is 8.13. The molecule has 2 rings (SSSR count). The van der Waals surface area contributed by atoms with Gasteiger partial charge in [0, 0.05) is 23.8 Å². The van der Waals surface area contributed by atoms with Crippen LogP contribution < -0.4 is 5.32 Å². The summed E-state index contributed by atoms with van der Waals surface area (Å²) in [6.07, 6.45) is -0.486. The van der Waals surface area contributed by atoms with Crippen LogP contribution in [0.3, 0.4) is 0 Å². The molecule has 132 valence electrons. The Hall–Kier alpha value is -1.80. The standard InChI is InChI=1S/C15H20ClN3O4S/c1-10-18-12-9-11(24(16,21)22)5-6-13(12)19(10)8-7-17-14(20)23-15(2,3)4/h5-6,9H,7-8H2,1-4H3,(H,17,20). The summed E-state index contributed by atoms with van der Waals surface area (Å²) in [5.74, 6) is 0.708. The van der Waals surface area contributed by atoms with Gasteiger partial charge in [0.1, 0.15) is 11.4 Å². The minimum Gasteiger partial charge on any atom is -0.444 e. The van der Waals surface area contributed by atoms with Gasteiger partial charge >= 0.3 is 6.09 Å². The molecule has 9 heteroatoms. The smallest absolute Gasteiger partial charge is 0.407 e. The van der Waals surface area contributed by atoms with Crippen LogP contribution in [-0.2, 0) is 20.3 Å². The summed E-state index contributed by atoms with van der Waals surface area (Å²) in [6.45, 7) is 8.03. The molecule has 0 bridgehead atoms. The highest BCUT2D eigenvalue weighted by Crippen LogP contribution is 2.22. The summed E-state index contributed by atoms with van der Waals surface area (Å²) < 4.78 is 29.9. The van der Waals surface area contributed by atoms with Gasteiger partial charge in [-0.1, -0.05) is 0 Å². The lowest BCUT2D eigenvalue weighted by molar-refractivity contribution is 0.0526. The number of benzene rings is 1. The number of carbonyl (C=O) groups is 1. The lowest BCUT2D eigenvalue weighted by atomic mass is 10.2. The van der Waals surface area contributed by atoms with Crippen molar-refractivity contribution >= 4 is 36.9 Å². The first-order valence-corrected chi connectivity index (χ1v) is 9.67. The average molecular weight is 374 g/mol. The quantitative estimate of drug-likeness (QED) is 0.832. The molecule has 1 aromatic heterocycles. The lowest BCUT2D eigenvalue weighted by Gasteiger charge is -2.19. The predicted octanol–water partition coefficient (Wildman–Crippen LogP) is 2.80. The number of fused-ring (bicyclic) bond motifs is 1. The van der Waals surface area contributed by atoms with E-state index in [2.05, 4.69) is 10.3 Å². The molecule has 1 N–H and O–H groups in total. The van der Waals surface area contributed by atoms with E-state index in [9.17, 15) is 13.2 Å². The minimum absolute atomic E-state index is 0.00759. The Morgan fingerprint density at radius 2 is 2.04 bits per heavy atom. The van der Waals surface area contributed by atoms with E-state index in [1.54, 1.807) is 26.8 Å². The Morgan fingerprint density at radius 3 is 2.62 bits per heavy atom. The second-order valence-corrected chi connectivity index (χ2v) is 8.89. The van der Waals surface area contributed by atoms with Crippen molar-refractivity contribution in [2.24, 2.45) is 0 Å². The van der Waals surface area contributed by atoms with Crippen LogP contribution in [0.2, 0.25) is 0 Å². The first-order valence-electron chi connectivity index (χ1n) is 7.36. The zero-order valence-corrected chi connectivity index (χ0v) is 15.5. The maximum Gasteiger partial charge on any atom is 0.407 e. The third kappa shape index (κ3) is 4.61. The maximum atomic E-state index is 11.7. The van der Waals surface area contributed by atoms with E-state index in [0.717, 1.165) is 5.52 Å². The van der Waals surface area contributed by atoms with Gasteiger partial charge in [0.15, 0.2) is 0 Å². The molecule has 0 saturated heterocycles. The van der Waals surface area contributed by atoms with Gasteiger partial charge < -0.3 is 14.6 Å². The van der Waals surface area contributed by atoms with Gasteiger partial charge in [0.05, 0.1) is 15.9 Å². The van der Waals surface area contributed by atoms with E-state index < -0.39 is 20.7 Å². The SMILES string of the molecule is Cc1nc2cc(S(=O)(=O)Cl)ccc2n1CCNC(=O)OC(C)(C)C. The van der Waals surface area contributed by atoms with Gasteiger partial charge in [-0.2, -0.15) is 0 Å². The Kier molecular flexibility index (Phi) is 5.10. The molecule has 0 radical (unpaired) electrons. The van der Waals surface area contributed by atoms with Crippen LogP contribution in [0.25, 0.3) is 11.0 Å². The summed E-state index contributed by atoms with van der Waals surface area (Å²) in [4.78, 5) is 16.0. The molecule has 0 saturated carbocycles. The summed E-state index contributed by atoms with van der Waals surface area (Å²) in [5, 5.41) is 2.68. The van der Waals surface area contributed by atoms with Crippen molar-refractivity contribution in [2.75, 3.05) is 6.54 Å². The highest BCUT2D eigenvalue weighted by atomic mass is 35.7. The topological polar surface area (TPSA) is 90.3 Å². The summed E-state index contributed by atoms with van der Waals surface area (Å²) in [5.41, 5.74) is 0.750. The van der Waals surface area contributed by atoms with Gasteiger partial charge in [-0.25, -0.2) is 18.2 Å². The van der Waals surface area contributed by atoms with Crippen LogP contribution in [0, 0.1) is 6.92 Å². The summed E-state index contributed by atoms with van der Waals surface area (Å²) >= 11 is 0. The Labute approximate surface area is 145 Å². The lowest BCUT2D eigenvalue weighted by Crippen LogP contribution is -2.34. The van der Waals surface area contributed by atoms with E-state index in [4.69, 9.17) is 15.4 Å². The van der Waals surface area contributed by atoms with Crippen LogP contribution >= 0.6 is 10.7 Å². The normalized spacial score (nSPS) is 12.4. The van der Waals surface area contributed by atoms with Crippen molar-refractivity contribution in [2.45, 2.75) is 44.7 Å². The van der Waals surface area contributed by atoms with Crippen molar-refractivity contribution in [3.8, 4) is 0 Å². The van der Waals surface area contributed by atoms with Crippen molar-refractivity contribution in [3.63, 3.8) is 0 Å². The molecule has 0 fully saturated rings. The average Bonchev–Trinajstić information content (AvgIpc) is 2.71. The molecule has 0 aliphatic carbocycles. The molecule has 7 nitrogen and oxygen atoms in total. The number of halogens is 1. The van der Waals surface area contributed by atoms with E-state index in [1.807, 2.05) is 11.5 Å². The number of amides is 1. The zero-order chi connectivity index (χ0) is 18.1. The highest BCUT2D eigenvalue weighted by Gasteiger charge is 2.17. The Bertz CT molecular complexity index is 869. The molecule has 24 heavy (non-hydrogen) atoms. The van der Waals surface area contributed by atoms with Crippen molar-refractivity contribution in [1.29, 1.82) is 0 Å². The second kappa shape index (κ2) is 6.60. The molecule has 0 unspecified atom stereocenters. The van der Waals surface area contributed by atoms with Gasteiger partial charge in [-0.3, -0.25) is 0 Å². The summed E-state index contributed by atoms with van der Waals surface area (Å²) in [7, 11) is 1.56. The number of nitrogens with zero attached hydrogens (tertiary/aromatic N) is 2. The number of ether oxygens (including phenoxy) is 1. The minimum atomic E-state index is -3.79. The van der Waals surface area contributed by atoms with Gasteiger partial charge in [0.25, 0.3) is 9.05 Å². The van der Waals surface area contributed by atoms with Crippen LogP contribution in [0.1, 0.15) is 26.6 Å². The van der Waals surface area contributed by atoms with Crippen LogP contribution in [0.4, 0.5) is 4.79 Å². The number of rotatable bonds is 4. The Morgan fingerprint density at radius 1 is 1.38 bits per heavy atom. The number of carbonyl (C=O) groups excluding carboxylic acids is 1. The van der Waals surface area contributed by atoms with E-state index in [-0.39, 0.29) is 4.90 Å². The third-order valence-corrected chi connectivity index (χ3v) is 4.55. The van der Waals surface area contributed by atoms with Gasteiger partial charge in [0.2, 0.25) is 0 Å². The fourth-order valence-corrected chi connectivity index (χ4v) is 3.02. The molecular formula is C15H20ClN3O4S. The van der Waals surface area contributed by atoms with E-state index >= 15 is 0 Å². The number of hydrogen-bond donors (Lipinski definition) is 1. The third-order valence-electron chi connectivity index (χ3n) is 3.20. The summed E-state index contributed by atoms with van der Waals surface area (Å²) in [6, 6.07) is 4.52. The molecule has 1 amide bonds. The molecule has 0 aliphatic heterocycles. The monoisotopic (exact) mass is 373 g/mol. The fourth-order valence-electron chi connectivity index (χ4n) is 2.25. The first kappa shape index (κ1) is 18.5. The van der Waals surface area contributed by atoms with Gasteiger partial charge in [-0.05, 0) is 45.9 Å². The number of hydrogen-bond acceptors (Lipinski definition) is 5. The van der Waals surface area contributed by atoms with Gasteiger partial charge in [-0.15, -0.1) is 0 Å². The molecule has 0 aliphatic rings. The molecular weight excluding hydrogens is 354 g/mol. The molecule has 1 aromatic carbocycles. The molecule has 0 spiro atoms. The zero-order valence-electron chi connectivity index (χ0n) is 14.0. The first-order chi connectivity index (χ1) is 11.0. The maximum absolute atomic E-state index is 11.7. The van der Waals surface area contributed by atoms with E-state index in [0.29, 0.717) is 24.4 Å². The largest absolute Gasteiger partial charge is 0.444 e. The number of alkyl carbamates (subject to hydrolysis) is 1. The number of aromatic nitrogens is 2. The van der Waals surface area contributed by atoms with Crippen LogP contribution in [0.5, 0.6) is 0 Å². The predicted molar refractivity (Wildman–Crippen MR) is 91.7 cm³/mol. The fraction of sp³-hybridized carbons (Fsp3) is 0.467. The van der Waals surface area contributed by atoms with E-state index in [1.165, 1.54) is 12.1 Å². The number of nitrogens with one attached hydrogen (secondary N) is 1. The Balaban J connectivity index is 2.13. The van der Waals surface area contributed by atoms with Crippen LogP contribution in [0.15, 0.2) is 23.1 Å². The molecule has 1 heterocycles. The number of imidazole rings is 1. The molecule has 2 aromatic rings. The van der Waals surface area contributed by atoms with Crippen molar-refractivity contribution in [3.05, 3.63) is 24.0 Å². The molecule has 0 atom stereocenters. The van der Waals surface area contributed by atoms with Crippen molar-refractivity contribution in [1.82, 2.24) is 14.9 Å².